The molecule has 0 radical (unpaired) electrons. The zero-order chi connectivity index (χ0) is 21.2. The lowest BCUT2D eigenvalue weighted by molar-refractivity contribution is 0.0472. The van der Waals surface area contributed by atoms with Gasteiger partial charge in [-0.15, -0.1) is 0 Å². The fourth-order valence-electron chi connectivity index (χ4n) is 3.90. The van der Waals surface area contributed by atoms with E-state index in [1.165, 1.54) is 24.3 Å². The molecule has 0 unspecified atom stereocenters. The third kappa shape index (κ3) is 5.06. The van der Waals surface area contributed by atoms with Crippen LogP contribution in [0.25, 0.3) is 0 Å². The van der Waals surface area contributed by atoms with Gasteiger partial charge >= 0.3 is 5.97 Å². The van der Waals surface area contributed by atoms with Gasteiger partial charge in [-0.1, -0.05) is 37.6 Å². The Labute approximate surface area is 173 Å². The minimum Gasteiger partial charge on any atom is -0.457 e. The molecule has 156 valence electrons. The Hall–Kier alpha value is -2.18. The summed E-state index contributed by atoms with van der Waals surface area (Å²) < 4.78 is 32.9. The fourth-order valence-corrected chi connectivity index (χ4v) is 5.58. The molecule has 1 aliphatic rings. The standard InChI is InChI=1S/C23H29NO4S/c1-16-5-6-19(4)21(12-16)15-28-23(25)20-7-9-22(10-8-20)29(26,27)24-13-17(2)11-18(3)14-24/h5-10,12,17-18H,11,13-15H2,1-4H3/t17-,18+. The Balaban J connectivity index is 1.69. The highest BCUT2D eigenvalue weighted by Gasteiger charge is 2.31. The highest BCUT2D eigenvalue weighted by molar-refractivity contribution is 7.89. The number of carbonyl (C=O) groups excluding carboxylic acids is 1. The molecule has 2 aromatic rings. The van der Waals surface area contributed by atoms with Crippen LogP contribution in [0.2, 0.25) is 0 Å². The predicted molar refractivity (Wildman–Crippen MR) is 113 cm³/mol. The molecule has 0 N–H and O–H groups in total. The van der Waals surface area contributed by atoms with E-state index in [-0.39, 0.29) is 11.5 Å². The summed E-state index contributed by atoms with van der Waals surface area (Å²) in [4.78, 5) is 12.6. The molecule has 5 nitrogen and oxygen atoms in total. The summed E-state index contributed by atoms with van der Waals surface area (Å²) in [5, 5.41) is 0. The van der Waals surface area contributed by atoms with Crippen LogP contribution in [0, 0.1) is 25.7 Å². The molecule has 0 bridgehead atoms. The van der Waals surface area contributed by atoms with E-state index in [2.05, 4.69) is 13.8 Å². The zero-order valence-corrected chi connectivity index (χ0v) is 18.3. The van der Waals surface area contributed by atoms with Crippen LogP contribution in [0.5, 0.6) is 0 Å². The smallest absolute Gasteiger partial charge is 0.338 e. The van der Waals surface area contributed by atoms with Crippen molar-refractivity contribution in [1.82, 2.24) is 4.31 Å². The van der Waals surface area contributed by atoms with E-state index >= 15 is 0 Å². The van der Waals surface area contributed by atoms with Crippen LogP contribution in [-0.4, -0.2) is 31.8 Å². The van der Waals surface area contributed by atoms with Crippen molar-refractivity contribution < 1.29 is 17.9 Å². The first kappa shape index (κ1) is 21.5. The van der Waals surface area contributed by atoms with Gasteiger partial charge in [0.1, 0.15) is 6.61 Å². The SMILES string of the molecule is Cc1ccc(C)c(COC(=O)c2ccc(S(=O)(=O)N3C[C@H](C)C[C@H](C)C3)cc2)c1. The number of nitrogens with zero attached hydrogens (tertiary/aromatic N) is 1. The average Bonchev–Trinajstić information content (AvgIpc) is 2.67. The summed E-state index contributed by atoms with van der Waals surface area (Å²) in [7, 11) is -3.55. The number of hydrogen-bond donors (Lipinski definition) is 0. The number of esters is 1. The number of piperidine rings is 1. The molecule has 6 heteroatoms. The van der Waals surface area contributed by atoms with E-state index < -0.39 is 16.0 Å². The van der Waals surface area contributed by atoms with Gasteiger partial charge in [-0.05, 0) is 67.5 Å². The van der Waals surface area contributed by atoms with Crippen LogP contribution in [0.4, 0.5) is 0 Å². The van der Waals surface area contributed by atoms with Crippen molar-refractivity contribution in [2.24, 2.45) is 11.8 Å². The number of hydrogen-bond acceptors (Lipinski definition) is 4. The summed E-state index contributed by atoms with van der Waals surface area (Å²) in [6.45, 7) is 9.38. The first-order chi connectivity index (χ1) is 13.7. The maximum Gasteiger partial charge on any atom is 0.338 e. The minimum atomic E-state index is -3.55. The zero-order valence-electron chi connectivity index (χ0n) is 17.5. The molecular formula is C23H29NO4S. The van der Waals surface area contributed by atoms with Crippen LogP contribution in [0.15, 0.2) is 47.4 Å². The van der Waals surface area contributed by atoms with E-state index in [1.807, 2.05) is 32.0 Å². The highest BCUT2D eigenvalue weighted by Crippen LogP contribution is 2.27. The van der Waals surface area contributed by atoms with Gasteiger partial charge in [0.15, 0.2) is 0 Å². The van der Waals surface area contributed by atoms with Crippen molar-refractivity contribution in [1.29, 1.82) is 0 Å². The van der Waals surface area contributed by atoms with Gasteiger partial charge in [0.2, 0.25) is 10.0 Å². The van der Waals surface area contributed by atoms with Gasteiger partial charge in [0.05, 0.1) is 10.5 Å². The van der Waals surface area contributed by atoms with Crippen LogP contribution >= 0.6 is 0 Å². The van der Waals surface area contributed by atoms with Gasteiger partial charge in [-0.2, -0.15) is 4.31 Å². The Morgan fingerprint density at radius 3 is 2.28 bits per heavy atom. The lowest BCUT2D eigenvalue weighted by atomic mass is 9.94. The fraction of sp³-hybridized carbons (Fsp3) is 0.435. The van der Waals surface area contributed by atoms with Crippen molar-refractivity contribution in [3.05, 3.63) is 64.7 Å². The van der Waals surface area contributed by atoms with Gasteiger partial charge in [-0.25, -0.2) is 13.2 Å². The maximum absolute atomic E-state index is 12.9. The second-order valence-electron chi connectivity index (χ2n) is 8.30. The van der Waals surface area contributed by atoms with Gasteiger partial charge in [0.25, 0.3) is 0 Å². The first-order valence-corrected chi connectivity index (χ1v) is 11.4. The molecule has 1 heterocycles. The molecule has 1 fully saturated rings. The molecule has 0 spiro atoms. The molecular weight excluding hydrogens is 386 g/mol. The van der Waals surface area contributed by atoms with Crippen LogP contribution in [0.1, 0.15) is 47.3 Å². The number of aryl methyl sites for hydroxylation is 2. The average molecular weight is 416 g/mol. The number of ether oxygens (including phenoxy) is 1. The van der Waals surface area contributed by atoms with Gasteiger partial charge in [-0.3, -0.25) is 0 Å². The topological polar surface area (TPSA) is 63.7 Å². The van der Waals surface area contributed by atoms with Crippen molar-refractivity contribution in [3.8, 4) is 0 Å². The predicted octanol–water partition coefficient (Wildman–Crippen LogP) is 4.33. The van der Waals surface area contributed by atoms with Crippen molar-refractivity contribution in [2.45, 2.75) is 45.6 Å². The summed E-state index contributed by atoms with van der Waals surface area (Å²) in [6.07, 6.45) is 1.04. The van der Waals surface area contributed by atoms with E-state index in [1.54, 1.807) is 4.31 Å². The quantitative estimate of drug-likeness (QED) is 0.682. The highest BCUT2D eigenvalue weighted by atomic mass is 32.2. The maximum atomic E-state index is 12.9. The van der Waals surface area contributed by atoms with Crippen molar-refractivity contribution in [3.63, 3.8) is 0 Å². The second-order valence-corrected chi connectivity index (χ2v) is 10.2. The van der Waals surface area contributed by atoms with E-state index in [0.717, 1.165) is 23.1 Å². The summed E-state index contributed by atoms with van der Waals surface area (Å²) in [5.41, 5.74) is 3.48. The van der Waals surface area contributed by atoms with Crippen molar-refractivity contribution >= 4 is 16.0 Å². The van der Waals surface area contributed by atoms with E-state index in [4.69, 9.17) is 4.74 Å². The molecule has 3 rings (SSSR count). The van der Waals surface area contributed by atoms with Crippen LogP contribution in [0.3, 0.4) is 0 Å². The number of sulfonamides is 1. The van der Waals surface area contributed by atoms with Crippen molar-refractivity contribution in [2.75, 3.05) is 13.1 Å². The number of benzene rings is 2. The van der Waals surface area contributed by atoms with Crippen LogP contribution in [-0.2, 0) is 21.4 Å². The largest absolute Gasteiger partial charge is 0.457 e. The Morgan fingerprint density at radius 2 is 1.66 bits per heavy atom. The van der Waals surface area contributed by atoms with Gasteiger partial charge in [0, 0.05) is 13.1 Å². The Bertz CT molecular complexity index is 972. The molecule has 29 heavy (non-hydrogen) atoms. The van der Waals surface area contributed by atoms with Gasteiger partial charge < -0.3 is 4.74 Å². The molecule has 0 saturated carbocycles. The molecule has 0 aliphatic carbocycles. The van der Waals surface area contributed by atoms with Crippen LogP contribution < -0.4 is 0 Å². The lowest BCUT2D eigenvalue weighted by Gasteiger charge is -2.34. The molecule has 0 aromatic heterocycles. The summed E-state index contributed by atoms with van der Waals surface area (Å²) >= 11 is 0. The molecule has 1 aliphatic heterocycles. The van der Waals surface area contributed by atoms with E-state index in [9.17, 15) is 13.2 Å². The van der Waals surface area contributed by atoms with E-state index in [0.29, 0.717) is 30.5 Å². The Kier molecular flexibility index (Phi) is 6.44. The molecule has 0 amide bonds. The minimum absolute atomic E-state index is 0.190. The summed E-state index contributed by atoms with van der Waals surface area (Å²) in [5.74, 6) is 0.218. The first-order valence-electron chi connectivity index (χ1n) is 10.0. The third-order valence-electron chi connectivity index (χ3n) is 5.43. The summed E-state index contributed by atoms with van der Waals surface area (Å²) in [6, 6.07) is 12.1. The molecule has 2 atom stereocenters. The number of carbonyl (C=O) groups is 1. The molecule has 2 aromatic carbocycles. The molecule has 1 saturated heterocycles. The third-order valence-corrected chi connectivity index (χ3v) is 7.27. The normalized spacial score (nSPS) is 20.4. The number of rotatable bonds is 5. The Morgan fingerprint density at radius 1 is 1.03 bits per heavy atom. The lowest BCUT2D eigenvalue weighted by Crippen LogP contribution is -2.42. The monoisotopic (exact) mass is 415 g/mol. The second kappa shape index (κ2) is 8.67.